The monoisotopic (exact) mass is 312 g/mol. The summed E-state index contributed by atoms with van der Waals surface area (Å²) in [6.07, 6.45) is 0. The van der Waals surface area contributed by atoms with Gasteiger partial charge in [-0.2, -0.15) is 0 Å². The molecule has 110 valence electrons. The molecule has 0 atom stereocenters. The molecule has 0 N–H and O–H groups in total. The van der Waals surface area contributed by atoms with Gasteiger partial charge in [-0.3, -0.25) is 0 Å². The van der Waals surface area contributed by atoms with Crippen LogP contribution in [0.5, 0.6) is 0 Å². The van der Waals surface area contributed by atoms with E-state index in [1.165, 1.54) is 30.9 Å². The first-order valence-corrected chi connectivity index (χ1v) is 8.53. The molecule has 0 spiro atoms. The summed E-state index contributed by atoms with van der Waals surface area (Å²) in [7, 11) is 0. The van der Waals surface area contributed by atoms with Crippen molar-refractivity contribution in [2.24, 2.45) is 0 Å². The Bertz CT molecular complexity index is 957. The fourth-order valence-corrected chi connectivity index (χ4v) is 3.91. The van der Waals surface area contributed by atoms with E-state index in [2.05, 4.69) is 97.1 Å². The van der Waals surface area contributed by atoms with Gasteiger partial charge in [-0.25, -0.2) is 0 Å². The Morgan fingerprint density at radius 1 is 0.391 bits per heavy atom. The largest absolute Gasteiger partial charge is 0.135 e. The molecular weight excluding hydrogens is 296 g/mol. The highest BCUT2D eigenvalue weighted by molar-refractivity contribution is 7.25. The van der Waals surface area contributed by atoms with Crippen LogP contribution in [0.2, 0.25) is 0 Å². The van der Waals surface area contributed by atoms with E-state index < -0.39 is 0 Å². The van der Waals surface area contributed by atoms with Crippen molar-refractivity contribution in [3.05, 3.63) is 97.1 Å². The third-order valence-corrected chi connectivity index (χ3v) is 5.09. The number of fused-ring (bicyclic) bond motifs is 4. The number of thiophene rings is 1. The third-order valence-electron chi connectivity index (χ3n) is 3.94. The van der Waals surface area contributed by atoms with Gasteiger partial charge in [0.25, 0.3) is 0 Å². The van der Waals surface area contributed by atoms with Gasteiger partial charge in [0.2, 0.25) is 0 Å². The zero-order valence-electron chi connectivity index (χ0n) is 12.6. The Morgan fingerprint density at radius 3 is 1.17 bits per heavy atom. The Morgan fingerprint density at radius 2 is 0.739 bits per heavy atom. The molecule has 0 saturated heterocycles. The molecule has 0 aliphatic heterocycles. The van der Waals surface area contributed by atoms with Crippen LogP contribution < -0.4 is 0 Å². The standard InChI is InChI=1S/C12H8S.C10H8/c1-3-7-11-9(5-1)10-6-2-4-8-12(10)13-11;1-2-6-10-8-4-3-7-9(10)5-1/h1-8H;1-8H. The summed E-state index contributed by atoms with van der Waals surface area (Å²) in [6, 6.07) is 33.8. The quantitative estimate of drug-likeness (QED) is 0.292. The van der Waals surface area contributed by atoms with Gasteiger partial charge in [-0.15, -0.1) is 11.3 Å². The average molecular weight is 312 g/mol. The van der Waals surface area contributed by atoms with E-state index in [4.69, 9.17) is 0 Å². The molecule has 0 amide bonds. The van der Waals surface area contributed by atoms with Crippen LogP contribution in [0, 0.1) is 0 Å². The van der Waals surface area contributed by atoms with Crippen LogP contribution in [-0.4, -0.2) is 0 Å². The maximum Gasteiger partial charge on any atom is 0.0355 e. The van der Waals surface area contributed by atoms with E-state index >= 15 is 0 Å². The molecule has 0 aliphatic rings. The molecule has 5 aromatic rings. The lowest BCUT2D eigenvalue weighted by atomic mass is 10.1. The van der Waals surface area contributed by atoms with Crippen LogP contribution in [0.3, 0.4) is 0 Å². The summed E-state index contributed by atoms with van der Waals surface area (Å²) in [5.74, 6) is 0. The van der Waals surface area contributed by atoms with Crippen LogP contribution in [0.15, 0.2) is 97.1 Å². The predicted molar refractivity (Wildman–Crippen MR) is 103 cm³/mol. The Balaban J connectivity index is 0.000000122. The lowest BCUT2D eigenvalue weighted by Crippen LogP contribution is -1.67. The van der Waals surface area contributed by atoms with Crippen molar-refractivity contribution < 1.29 is 0 Å². The van der Waals surface area contributed by atoms with Gasteiger partial charge in [0, 0.05) is 20.2 Å². The average Bonchev–Trinajstić information content (AvgIpc) is 3.01. The normalized spacial score (nSPS) is 10.6. The van der Waals surface area contributed by atoms with Gasteiger partial charge < -0.3 is 0 Å². The summed E-state index contributed by atoms with van der Waals surface area (Å²) < 4.78 is 2.76. The first-order chi connectivity index (χ1) is 11.4. The SMILES string of the molecule is c1ccc2c(c1)sc1ccccc12.c1ccc2ccccc2c1. The van der Waals surface area contributed by atoms with Gasteiger partial charge in [0.1, 0.15) is 0 Å². The lowest BCUT2D eigenvalue weighted by Gasteiger charge is -1.92. The van der Waals surface area contributed by atoms with E-state index in [-0.39, 0.29) is 0 Å². The minimum absolute atomic E-state index is 1.31. The van der Waals surface area contributed by atoms with E-state index in [0.717, 1.165) is 0 Å². The number of benzene rings is 4. The minimum atomic E-state index is 1.31. The van der Waals surface area contributed by atoms with Crippen LogP contribution in [0.1, 0.15) is 0 Å². The Labute approximate surface area is 139 Å². The lowest BCUT2D eigenvalue weighted by molar-refractivity contribution is 1.75. The molecule has 0 fully saturated rings. The van der Waals surface area contributed by atoms with Crippen molar-refractivity contribution in [2.45, 2.75) is 0 Å². The zero-order chi connectivity index (χ0) is 15.5. The molecule has 0 unspecified atom stereocenters. The highest BCUT2D eigenvalue weighted by Gasteiger charge is 2.01. The molecule has 1 aromatic heterocycles. The predicted octanol–water partition coefficient (Wildman–Crippen LogP) is 6.89. The molecule has 4 aromatic carbocycles. The van der Waals surface area contributed by atoms with Gasteiger partial charge in [-0.05, 0) is 22.9 Å². The molecule has 23 heavy (non-hydrogen) atoms. The zero-order valence-corrected chi connectivity index (χ0v) is 13.5. The molecular formula is C22H16S. The van der Waals surface area contributed by atoms with E-state index in [1.54, 1.807) is 0 Å². The first-order valence-electron chi connectivity index (χ1n) is 7.72. The smallest absolute Gasteiger partial charge is 0.0355 e. The molecule has 1 heterocycles. The number of hydrogen-bond acceptors (Lipinski definition) is 1. The molecule has 0 saturated carbocycles. The highest BCUT2D eigenvalue weighted by atomic mass is 32.1. The molecule has 0 nitrogen and oxygen atoms in total. The summed E-state index contributed by atoms with van der Waals surface area (Å²) in [5, 5.41) is 5.38. The first kappa shape index (κ1) is 14.0. The van der Waals surface area contributed by atoms with Crippen molar-refractivity contribution in [3.8, 4) is 0 Å². The second-order valence-electron chi connectivity index (χ2n) is 5.44. The van der Waals surface area contributed by atoms with Crippen molar-refractivity contribution >= 4 is 42.3 Å². The Hall–Kier alpha value is -2.64. The van der Waals surface area contributed by atoms with Crippen LogP contribution >= 0.6 is 11.3 Å². The molecule has 5 rings (SSSR count). The molecule has 0 radical (unpaired) electrons. The van der Waals surface area contributed by atoms with Crippen molar-refractivity contribution in [3.63, 3.8) is 0 Å². The molecule has 0 aliphatic carbocycles. The third kappa shape index (κ3) is 2.84. The number of rotatable bonds is 0. The van der Waals surface area contributed by atoms with Crippen molar-refractivity contribution in [1.29, 1.82) is 0 Å². The Kier molecular flexibility index (Phi) is 3.79. The number of hydrogen-bond donors (Lipinski definition) is 0. The maximum atomic E-state index is 2.19. The van der Waals surface area contributed by atoms with Crippen LogP contribution in [0.25, 0.3) is 30.9 Å². The second kappa shape index (κ2) is 6.23. The highest BCUT2D eigenvalue weighted by Crippen LogP contribution is 2.32. The van der Waals surface area contributed by atoms with Crippen LogP contribution in [0.4, 0.5) is 0 Å². The topological polar surface area (TPSA) is 0 Å². The van der Waals surface area contributed by atoms with Crippen molar-refractivity contribution in [1.82, 2.24) is 0 Å². The fourth-order valence-electron chi connectivity index (χ4n) is 2.81. The van der Waals surface area contributed by atoms with Gasteiger partial charge >= 0.3 is 0 Å². The summed E-state index contributed by atoms with van der Waals surface area (Å²) in [5.41, 5.74) is 0. The minimum Gasteiger partial charge on any atom is -0.135 e. The summed E-state index contributed by atoms with van der Waals surface area (Å²) in [6.45, 7) is 0. The van der Waals surface area contributed by atoms with Gasteiger partial charge in [0.15, 0.2) is 0 Å². The van der Waals surface area contributed by atoms with E-state index in [0.29, 0.717) is 0 Å². The van der Waals surface area contributed by atoms with Crippen LogP contribution in [-0.2, 0) is 0 Å². The fraction of sp³-hybridized carbons (Fsp3) is 0. The molecule has 1 heteroatoms. The summed E-state index contributed by atoms with van der Waals surface area (Å²) >= 11 is 1.86. The molecule has 0 bridgehead atoms. The van der Waals surface area contributed by atoms with Crippen molar-refractivity contribution in [2.75, 3.05) is 0 Å². The van der Waals surface area contributed by atoms with Gasteiger partial charge in [-0.1, -0.05) is 84.9 Å². The summed E-state index contributed by atoms with van der Waals surface area (Å²) in [4.78, 5) is 0. The maximum absolute atomic E-state index is 2.19. The van der Waals surface area contributed by atoms with E-state index in [1.807, 2.05) is 11.3 Å². The van der Waals surface area contributed by atoms with E-state index in [9.17, 15) is 0 Å². The van der Waals surface area contributed by atoms with Gasteiger partial charge in [0.05, 0.1) is 0 Å². The second-order valence-corrected chi connectivity index (χ2v) is 6.53.